The zero-order valence-corrected chi connectivity index (χ0v) is 8.31. The second-order valence-electron chi connectivity index (χ2n) is 2.30. The van der Waals surface area contributed by atoms with E-state index in [1.165, 1.54) is 6.92 Å². The van der Waals surface area contributed by atoms with Gasteiger partial charge in [0, 0.05) is 5.71 Å². The van der Waals surface area contributed by atoms with Gasteiger partial charge < -0.3 is 15.3 Å². The SMILES string of the molecule is CCOC(=O)C(C(C)=N)=C(O)CCl. The van der Waals surface area contributed by atoms with E-state index >= 15 is 0 Å². The minimum Gasteiger partial charge on any atom is -0.510 e. The summed E-state index contributed by atoms with van der Waals surface area (Å²) in [6.45, 7) is 3.23. The Bertz CT molecular complexity index is 248. The Hall–Kier alpha value is -1.03. The number of carbonyl (C=O) groups excluding carboxylic acids is 1. The molecule has 0 heterocycles. The van der Waals surface area contributed by atoms with Crippen LogP contribution in [0.2, 0.25) is 0 Å². The van der Waals surface area contributed by atoms with Crippen molar-refractivity contribution in [2.75, 3.05) is 12.5 Å². The molecule has 0 amide bonds. The van der Waals surface area contributed by atoms with Crippen molar-refractivity contribution in [3.05, 3.63) is 11.3 Å². The van der Waals surface area contributed by atoms with E-state index in [1.54, 1.807) is 6.92 Å². The third kappa shape index (κ3) is 3.46. The molecule has 13 heavy (non-hydrogen) atoms. The summed E-state index contributed by atoms with van der Waals surface area (Å²) in [6, 6.07) is 0. The van der Waals surface area contributed by atoms with E-state index in [4.69, 9.17) is 17.0 Å². The summed E-state index contributed by atoms with van der Waals surface area (Å²) in [5.74, 6) is -1.24. The van der Waals surface area contributed by atoms with Crippen LogP contribution >= 0.6 is 11.6 Å². The van der Waals surface area contributed by atoms with Crippen LogP contribution in [-0.4, -0.2) is 29.3 Å². The van der Waals surface area contributed by atoms with E-state index in [0.717, 1.165) is 0 Å². The maximum absolute atomic E-state index is 11.1. The number of aliphatic hydroxyl groups excluding tert-OH is 1. The lowest BCUT2D eigenvalue weighted by atomic mass is 10.1. The lowest BCUT2D eigenvalue weighted by molar-refractivity contribution is -0.138. The number of hydrogen-bond acceptors (Lipinski definition) is 4. The molecule has 0 saturated carbocycles. The van der Waals surface area contributed by atoms with E-state index in [-0.39, 0.29) is 29.5 Å². The second kappa shape index (κ2) is 5.59. The number of allylic oxidation sites excluding steroid dienone is 1. The standard InChI is InChI=1S/C8H12ClNO3/c1-3-13-8(12)7(5(2)10)6(11)4-9/h10-11H,3-4H2,1-2H3. The Labute approximate surface area is 81.7 Å². The van der Waals surface area contributed by atoms with Crippen molar-refractivity contribution in [2.24, 2.45) is 0 Å². The molecule has 2 N–H and O–H groups in total. The number of halogens is 1. The highest BCUT2D eigenvalue weighted by molar-refractivity contribution is 6.22. The fourth-order valence-electron chi connectivity index (χ4n) is 0.757. The summed E-state index contributed by atoms with van der Waals surface area (Å²) in [5, 5.41) is 16.4. The van der Waals surface area contributed by atoms with Gasteiger partial charge in [0.1, 0.15) is 11.3 Å². The van der Waals surface area contributed by atoms with Gasteiger partial charge in [0.15, 0.2) is 0 Å². The van der Waals surface area contributed by atoms with Gasteiger partial charge in [-0.15, -0.1) is 11.6 Å². The topological polar surface area (TPSA) is 70.4 Å². The minimum absolute atomic E-state index is 0.0587. The lowest BCUT2D eigenvalue weighted by Gasteiger charge is -2.06. The molecule has 0 spiro atoms. The molecule has 0 aromatic heterocycles. The van der Waals surface area contributed by atoms with E-state index in [2.05, 4.69) is 4.74 Å². The summed E-state index contributed by atoms with van der Waals surface area (Å²) in [4.78, 5) is 11.1. The normalized spacial score (nSPS) is 11.9. The molecule has 0 aliphatic carbocycles. The van der Waals surface area contributed by atoms with Crippen molar-refractivity contribution >= 4 is 23.3 Å². The predicted molar refractivity (Wildman–Crippen MR) is 50.4 cm³/mol. The molecule has 4 nitrogen and oxygen atoms in total. The molecular weight excluding hydrogens is 194 g/mol. The first kappa shape index (κ1) is 12.0. The second-order valence-corrected chi connectivity index (χ2v) is 2.57. The Morgan fingerprint density at radius 2 is 2.15 bits per heavy atom. The largest absolute Gasteiger partial charge is 0.510 e. The predicted octanol–water partition coefficient (Wildman–Crippen LogP) is 1.64. The first-order chi connectivity index (χ1) is 6.04. The van der Waals surface area contributed by atoms with Gasteiger partial charge in [0.05, 0.1) is 12.5 Å². The maximum atomic E-state index is 11.1. The Kier molecular flexibility index (Phi) is 5.14. The average Bonchev–Trinajstić information content (AvgIpc) is 2.04. The van der Waals surface area contributed by atoms with Crippen molar-refractivity contribution in [1.29, 1.82) is 5.41 Å². The highest BCUT2D eigenvalue weighted by Crippen LogP contribution is 2.07. The van der Waals surface area contributed by atoms with Crippen molar-refractivity contribution in [3.8, 4) is 0 Å². The van der Waals surface area contributed by atoms with E-state index < -0.39 is 5.97 Å². The number of rotatable bonds is 4. The zero-order chi connectivity index (χ0) is 10.4. The fourth-order valence-corrected chi connectivity index (χ4v) is 0.891. The number of alkyl halides is 1. The molecule has 0 bridgehead atoms. The Morgan fingerprint density at radius 1 is 1.62 bits per heavy atom. The van der Waals surface area contributed by atoms with Crippen molar-refractivity contribution in [2.45, 2.75) is 13.8 Å². The molecule has 0 aliphatic heterocycles. The van der Waals surface area contributed by atoms with Crippen LogP contribution in [0.3, 0.4) is 0 Å². The molecular formula is C8H12ClNO3. The monoisotopic (exact) mass is 205 g/mol. The van der Waals surface area contributed by atoms with Gasteiger partial charge in [-0.2, -0.15) is 0 Å². The van der Waals surface area contributed by atoms with Crippen LogP contribution < -0.4 is 0 Å². The van der Waals surface area contributed by atoms with Crippen LogP contribution in [0.15, 0.2) is 11.3 Å². The summed E-state index contributed by atoms with van der Waals surface area (Å²) in [5.41, 5.74) is -0.214. The van der Waals surface area contributed by atoms with Gasteiger partial charge in [-0.3, -0.25) is 0 Å². The smallest absolute Gasteiger partial charge is 0.343 e. The molecule has 0 saturated heterocycles. The molecule has 5 heteroatoms. The molecule has 0 aromatic rings. The summed E-state index contributed by atoms with van der Waals surface area (Å²) in [6.07, 6.45) is 0. The van der Waals surface area contributed by atoms with E-state index in [1.807, 2.05) is 0 Å². The van der Waals surface area contributed by atoms with Crippen molar-refractivity contribution < 1.29 is 14.6 Å². The quantitative estimate of drug-likeness (QED) is 0.241. The third-order valence-corrected chi connectivity index (χ3v) is 1.52. The summed E-state index contributed by atoms with van der Waals surface area (Å²) < 4.78 is 4.63. The van der Waals surface area contributed by atoms with Crippen molar-refractivity contribution in [1.82, 2.24) is 0 Å². The van der Waals surface area contributed by atoms with Gasteiger partial charge in [-0.05, 0) is 13.8 Å². The Morgan fingerprint density at radius 3 is 2.46 bits per heavy atom. The molecule has 0 fully saturated rings. The number of hydrogen-bond donors (Lipinski definition) is 2. The van der Waals surface area contributed by atoms with Crippen LogP contribution in [0, 0.1) is 5.41 Å². The average molecular weight is 206 g/mol. The molecule has 0 aromatic carbocycles. The van der Waals surface area contributed by atoms with Crippen LogP contribution in [0.25, 0.3) is 0 Å². The lowest BCUT2D eigenvalue weighted by Crippen LogP contribution is -2.16. The molecule has 0 aliphatic rings. The zero-order valence-electron chi connectivity index (χ0n) is 7.56. The van der Waals surface area contributed by atoms with Crippen LogP contribution in [0.1, 0.15) is 13.8 Å². The number of esters is 1. The van der Waals surface area contributed by atoms with Crippen LogP contribution in [0.4, 0.5) is 0 Å². The van der Waals surface area contributed by atoms with Gasteiger partial charge in [0.2, 0.25) is 0 Å². The van der Waals surface area contributed by atoms with Gasteiger partial charge in [-0.25, -0.2) is 4.79 Å². The van der Waals surface area contributed by atoms with Crippen LogP contribution in [0.5, 0.6) is 0 Å². The third-order valence-electron chi connectivity index (χ3n) is 1.27. The van der Waals surface area contributed by atoms with Crippen molar-refractivity contribution in [3.63, 3.8) is 0 Å². The first-order valence-corrected chi connectivity index (χ1v) is 4.28. The molecule has 74 valence electrons. The maximum Gasteiger partial charge on any atom is 0.343 e. The number of carbonyl (C=O) groups is 1. The summed E-state index contributed by atoms with van der Waals surface area (Å²) in [7, 11) is 0. The number of ether oxygens (including phenoxy) is 1. The highest BCUT2D eigenvalue weighted by atomic mass is 35.5. The molecule has 0 unspecified atom stereocenters. The highest BCUT2D eigenvalue weighted by Gasteiger charge is 2.17. The van der Waals surface area contributed by atoms with Gasteiger partial charge in [-0.1, -0.05) is 0 Å². The van der Waals surface area contributed by atoms with Gasteiger partial charge in [0.25, 0.3) is 0 Å². The summed E-state index contributed by atoms with van der Waals surface area (Å²) >= 11 is 5.32. The molecule has 0 atom stereocenters. The Balaban J connectivity index is 4.82. The van der Waals surface area contributed by atoms with E-state index in [9.17, 15) is 9.90 Å². The minimum atomic E-state index is -0.715. The van der Waals surface area contributed by atoms with Crippen LogP contribution in [-0.2, 0) is 9.53 Å². The molecule has 0 rings (SSSR count). The van der Waals surface area contributed by atoms with E-state index in [0.29, 0.717) is 0 Å². The number of aliphatic hydroxyl groups is 1. The first-order valence-electron chi connectivity index (χ1n) is 3.75. The van der Waals surface area contributed by atoms with Gasteiger partial charge >= 0.3 is 5.97 Å². The number of nitrogens with one attached hydrogen (secondary N) is 1. The molecule has 0 radical (unpaired) electrons. The fraction of sp³-hybridized carbons (Fsp3) is 0.500.